The Bertz CT molecular complexity index is 353. The Morgan fingerprint density at radius 2 is 2.27 bits per heavy atom. The van der Waals surface area contributed by atoms with Gasteiger partial charge in [-0.25, -0.2) is 4.68 Å². The van der Waals surface area contributed by atoms with Gasteiger partial charge in [-0.15, -0.1) is 5.10 Å². The van der Waals surface area contributed by atoms with E-state index in [1.54, 1.807) is 0 Å². The highest BCUT2D eigenvalue weighted by atomic mass is 16.1. The van der Waals surface area contributed by atoms with Crippen molar-refractivity contribution in [3.63, 3.8) is 0 Å². The maximum atomic E-state index is 10.8. The van der Waals surface area contributed by atoms with Crippen LogP contribution in [0.3, 0.4) is 0 Å². The second-order valence-corrected chi connectivity index (χ2v) is 4.59. The standard InChI is InChI=1S/C11H17N3O/c1-8(2)11-10(7-15)12-13-14(11)6-5-9-3-4-9/h7-9H,3-6H2,1-2H3. The summed E-state index contributed by atoms with van der Waals surface area (Å²) < 4.78 is 1.90. The smallest absolute Gasteiger partial charge is 0.172 e. The van der Waals surface area contributed by atoms with Crippen molar-refractivity contribution >= 4 is 6.29 Å². The molecular formula is C11H17N3O. The average Bonchev–Trinajstić information content (AvgIpc) is 2.93. The molecule has 0 amide bonds. The summed E-state index contributed by atoms with van der Waals surface area (Å²) in [6.45, 7) is 5.04. The van der Waals surface area contributed by atoms with Crippen molar-refractivity contribution in [2.24, 2.45) is 5.92 Å². The number of hydrogen-bond acceptors (Lipinski definition) is 3. The van der Waals surface area contributed by atoms with Crippen LogP contribution in [0.1, 0.15) is 55.2 Å². The lowest BCUT2D eigenvalue weighted by Gasteiger charge is -2.08. The summed E-state index contributed by atoms with van der Waals surface area (Å²) in [4.78, 5) is 10.8. The van der Waals surface area contributed by atoms with Crippen molar-refractivity contribution < 1.29 is 4.79 Å². The van der Waals surface area contributed by atoms with Gasteiger partial charge in [-0.2, -0.15) is 0 Å². The third kappa shape index (κ3) is 2.25. The van der Waals surface area contributed by atoms with Gasteiger partial charge in [0.25, 0.3) is 0 Å². The molecular weight excluding hydrogens is 190 g/mol. The van der Waals surface area contributed by atoms with E-state index in [2.05, 4.69) is 24.2 Å². The average molecular weight is 207 g/mol. The zero-order valence-corrected chi connectivity index (χ0v) is 9.31. The molecule has 0 saturated heterocycles. The van der Waals surface area contributed by atoms with Gasteiger partial charge < -0.3 is 0 Å². The lowest BCUT2D eigenvalue weighted by atomic mass is 10.1. The van der Waals surface area contributed by atoms with Crippen molar-refractivity contribution in [2.45, 2.75) is 45.6 Å². The molecule has 0 aliphatic heterocycles. The molecule has 2 rings (SSSR count). The van der Waals surface area contributed by atoms with Crippen LogP contribution in [0.25, 0.3) is 0 Å². The minimum absolute atomic E-state index is 0.305. The third-order valence-corrected chi connectivity index (χ3v) is 2.91. The molecule has 4 nitrogen and oxygen atoms in total. The largest absolute Gasteiger partial charge is 0.296 e. The number of carbonyl (C=O) groups excluding carboxylic acids is 1. The number of hydrogen-bond donors (Lipinski definition) is 0. The zero-order valence-electron chi connectivity index (χ0n) is 9.31. The molecule has 82 valence electrons. The van der Waals surface area contributed by atoms with E-state index in [-0.39, 0.29) is 0 Å². The van der Waals surface area contributed by atoms with Crippen LogP contribution >= 0.6 is 0 Å². The van der Waals surface area contributed by atoms with Crippen LogP contribution in [0.4, 0.5) is 0 Å². The third-order valence-electron chi connectivity index (χ3n) is 2.91. The quantitative estimate of drug-likeness (QED) is 0.694. The summed E-state index contributed by atoms with van der Waals surface area (Å²) >= 11 is 0. The molecule has 1 aromatic heterocycles. The number of carbonyl (C=O) groups is 1. The van der Waals surface area contributed by atoms with E-state index < -0.39 is 0 Å². The van der Waals surface area contributed by atoms with Gasteiger partial charge in [-0.1, -0.05) is 31.9 Å². The zero-order chi connectivity index (χ0) is 10.8. The molecule has 1 saturated carbocycles. The van der Waals surface area contributed by atoms with Crippen molar-refractivity contribution in [3.8, 4) is 0 Å². The first-order valence-corrected chi connectivity index (χ1v) is 5.61. The molecule has 0 aromatic carbocycles. The lowest BCUT2D eigenvalue weighted by molar-refractivity contribution is 0.111. The van der Waals surface area contributed by atoms with Crippen LogP contribution in [0.15, 0.2) is 0 Å². The normalized spacial score (nSPS) is 15.9. The van der Waals surface area contributed by atoms with E-state index in [1.165, 1.54) is 19.3 Å². The molecule has 0 N–H and O–H groups in total. The van der Waals surface area contributed by atoms with Crippen LogP contribution < -0.4 is 0 Å². The van der Waals surface area contributed by atoms with Crippen molar-refractivity contribution in [1.29, 1.82) is 0 Å². The van der Waals surface area contributed by atoms with Gasteiger partial charge in [0.1, 0.15) is 5.69 Å². The van der Waals surface area contributed by atoms with Gasteiger partial charge in [-0.3, -0.25) is 4.79 Å². The molecule has 1 aliphatic carbocycles. The Morgan fingerprint density at radius 1 is 1.53 bits per heavy atom. The fourth-order valence-electron chi connectivity index (χ4n) is 1.89. The summed E-state index contributed by atoms with van der Waals surface area (Å²) in [5, 5.41) is 7.94. The van der Waals surface area contributed by atoms with Gasteiger partial charge >= 0.3 is 0 Å². The van der Waals surface area contributed by atoms with E-state index in [1.807, 2.05) is 4.68 Å². The Morgan fingerprint density at radius 3 is 2.80 bits per heavy atom. The number of aldehydes is 1. The number of aryl methyl sites for hydroxylation is 1. The summed E-state index contributed by atoms with van der Waals surface area (Å²) in [6.07, 6.45) is 4.68. The molecule has 0 bridgehead atoms. The second-order valence-electron chi connectivity index (χ2n) is 4.59. The van der Waals surface area contributed by atoms with Gasteiger partial charge in [-0.05, 0) is 18.3 Å². The first-order chi connectivity index (χ1) is 7.22. The molecule has 0 spiro atoms. The summed E-state index contributed by atoms with van der Waals surface area (Å²) in [6, 6.07) is 0. The molecule has 4 heteroatoms. The van der Waals surface area contributed by atoms with E-state index in [9.17, 15) is 4.79 Å². The van der Waals surface area contributed by atoms with Crippen molar-refractivity contribution in [3.05, 3.63) is 11.4 Å². The molecule has 1 aliphatic rings. The minimum atomic E-state index is 0.305. The molecule has 1 heterocycles. The Labute approximate surface area is 89.7 Å². The van der Waals surface area contributed by atoms with Gasteiger partial charge in [0, 0.05) is 6.54 Å². The Hall–Kier alpha value is -1.19. The number of rotatable bonds is 5. The van der Waals surface area contributed by atoms with Crippen LogP contribution in [0.2, 0.25) is 0 Å². The highest BCUT2D eigenvalue weighted by molar-refractivity contribution is 5.73. The molecule has 0 radical (unpaired) electrons. The maximum Gasteiger partial charge on any atom is 0.172 e. The maximum absolute atomic E-state index is 10.8. The number of aromatic nitrogens is 3. The van der Waals surface area contributed by atoms with E-state index in [0.29, 0.717) is 11.6 Å². The van der Waals surface area contributed by atoms with Gasteiger partial charge in [0.05, 0.1) is 5.69 Å². The summed E-state index contributed by atoms with van der Waals surface area (Å²) in [5.74, 6) is 1.19. The summed E-state index contributed by atoms with van der Waals surface area (Å²) in [5.41, 5.74) is 1.48. The first kappa shape index (κ1) is 10.3. The fourth-order valence-corrected chi connectivity index (χ4v) is 1.89. The predicted octanol–water partition coefficient (Wildman–Crippen LogP) is 2.01. The molecule has 15 heavy (non-hydrogen) atoms. The van der Waals surface area contributed by atoms with Crippen LogP contribution in [0.5, 0.6) is 0 Å². The van der Waals surface area contributed by atoms with Crippen LogP contribution in [-0.2, 0) is 6.54 Å². The highest BCUT2D eigenvalue weighted by Gasteiger charge is 2.22. The van der Waals surface area contributed by atoms with Gasteiger partial charge in [0.15, 0.2) is 6.29 Å². The molecule has 1 fully saturated rings. The van der Waals surface area contributed by atoms with Crippen LogP contribution in [-0.4, -0.2) is 21.3 Å². The van der Waals surface area contributed by atoms with E-state index >= 15 is 0 Å². The molecule has 0 unspecified atom stereocenters. The van der Waals surface area contributed by atoms with Gasteiger partial charge in [0.2, 0.25) is 0 Å². The van der Waals surface area contributed by atoms with E-state index in [4.69, 9.17) is 0 Å². The fraction of sp³-hybridized carbons (Fsp3) is 0.727. The molecule has 0 atom stereocenters. The Balaban J connectivity index is 2.13. The number of nitrogens with zero attached hydrogens (tertiary/aromatic N) is 3. The first-order valence-electron chi connectivity index (χ1n) is 5.61. The monoisotopic (exact) mass is 207 g/mol. The molecule has 1 aromatic rings. The van der Waals surface area contributed by atoms with Crippen molar-refractivity contribution in [2.75, 3.05) is 0 Å². The minimum Gasteiger partial charge on any atom is -0.296 e. The second kappa shape index (κ2) is 4.13. The predicted molar refractivity (Wildman–Crippen MR) is 56.8 cm³/mol. The Kier molecular flexibility index (Phi) is 2.84. The summed E-state index contributed by atoms with van der Waals surface area (Å²) in [7, 11) is 0. The van der Waals surface area contributed by atoms with Crippen molar-refractivity contribution in [1.82, 2.24) is 15.0 Å². The lowest BCUT2D eigenvalue weighted by Crippen LogP contribution is -2.08. The van der Waals surface area contributed by atoms with Crippen LogP contribution in [0, 0.1) is 5.92 Å². The topological polar surface area (TPSA) is 47.8 Å². The highest BCUT2D eigenvalue weighted by Crippen LogP contribution is 2.33. The SMILES string of the molecule is CC(C)c1c(C=O)nnn1CCC1CC1. The van der Waals surface area contributed by atoms with E-state index in [0.717, 1.165) is 24.4 Å².